The molecule has 4 nitrogen and oxygen atoms in total. The minimum absolute atomic E-state index is 0.0224. The zero-order valence-corrected chi connectivity index (χ0v) is 13.5. The summed E-state index contributed by atoms with van der Waals surface area (Å²) < 4.78 is 26.5. The first-order chi connectivity index (χ1) is 9.40. The van der Waals surface area contributed by atoms with Gasteiger partial charge in [-0.25, -0.2) is 8.42 Å². The maximum absolute atomic E-state index is 12.5. The molecule has 0 bridgehead atoms. The molecule has 6 heteroatoms. The van der Waals surface area contributed by atoms with E-state index < -0.39 is 10.0 Å². The Balaban J connectivity index is 2.09. The van der Waals surface area contributed by atoms with Crippen LogP contribution in [0.2, 0.25) is 0 Å². The molecule has 0 saturated carbocycles. The minimum Gasteiger partial charge on any atom is -0.392 e. The fourth-order valence-corrected chi connectivity index (χ4v) is 5.61. The van der Waals surface area contributed by atoms with Crippen molar-refractivity contribution in [3.8, 4) is 0 Å². The summed E-state index contributed by atoms with van der Waals surface area (Å²) in [5.41, 5.74) is 1.56. The number of rotatable bonds is 4. The molecule has 0 amide bonds. The normalized spacial score (nSPS) is 24.8. The summed E-state index contributed by atoms with van der Waals surface area (Å²) in [6, 6.07) is 7.08. The van der Waals surface area contributed by atoms with Crippen LogP contribution in [0.3, 0.4) is 0 Å². The van der Waals surface area contributed by atoms with E-state index in [2.05, 4.69) is 13.8 Å². The van der Waals surface area contributed by atoms with Gasteiger partial charge in [0.2, 0.25) is 10.0 Å². The van der Waals surface area contributed by atoms with Crippen molar-refractivity contribution >= 4 is 21.8 Å². The summed E-state index contributed by atoms with van der Waals surface area (Å²) >= 11 is 1.84. The van der Waals surface area contributed by atoms with Crippen LogP contribution in [-0.2, 0) is 22.4 Å². The van der Waals surface area contributed by atoms with E-state index in [1.165, 1.54) is 0 Å². The molecule has 1 fully saturated rings. The van der Waals surface area contributed by atoms with Crippen molar-refractivity contribution in [2.24, 2.45) is 0 Å². The van der Waals surface area contributed by atoms with Crippen LogP contribution in [0.4, 0.5) is 0 Å². The van der Waals surface area contributed by atoms with Gasteiger partial charge < -0.3 is 5.11 Å². The molecule has 0 radical (unpaired) electrons. The van der Waals surface area contributed by atoms with Crippen molar-refractivity contribution < 1.29 is 13.5 Å². The van der Waals surface area contributed by atoms with Gasteiger partial charge in [0.1, 0.15) is 0 Å². The summed E-state index contributed by atoms with van der Waals surface area (Å²) in [6.07, 6.45) is 0. The quantitative estimate of drug-likeness (QED) is 0.921. The molecule has 1 aromatic rings. The number of nitrogens with zero attached hydrogens (tertiary/aromatic N) is 1. The minimum atomic E-state index is -3.26. The lowest BCUT2D eigenvalue weighted by Gasteiger charge is -2.33. The number of thioether (sulfide) groups is 1. The molecular formula is C14H21NO3S2. The lowest BCUT2D eigenvalue weighted by Crippen LogP contribution is -2.44. The van der Waals surface area contributed by atoms with Gasteiger partial charge in [-0.3, -0.25) is 0 Å². The monoisotopic (exact) mass is 315 g/mol. The summed E-state index contributed by atoms with van der Waals surface area (Å²) in [5.74, 6) is 0.0306. The van der Waals surface area contributed by atoms with Crippen LogP contribution in [0.5, 0.6) is 0 Å². The Morgan fingerprint density at radius 1 is 1.15 bits per heavy atom. The van der Waals surface area contributed by atoms with Crippen molar-refractivity contribution in [1.29, 1.82) is 0 Å². The number of aliphatic hydroxyl groups excluding tert-OH is 1. The first-order valence-corrected chi connectivity index (χ1v) is 9.28. The summed E-state index contributed by atoms with van der Waals surface area (Å²) in [6.45, 7) is 5.29. The highest BCUT2D eigenvalue weighted by Crippen LogP contribution is 2.27. The molecule has 0 aromatic heterocycles. The molecule has 0 aliphatic carbocycles. The third kappa shape index (κ3) is 3.97. The average Bonchev–Trinajstić information content (AvgIpc) is 2.38. The lowest BCUT2D eigenvalue weighted by atomic mass is 10.2. The van der Waals surface area contributed by atoms with Gasteiger partial charge in [-0.2, -0.15) is 16.1 Å². The van der Waals surface area contributed by atoms with Crippen LogP contribution in [0, 0.1) is 0 Å². The van der Waals surface area contributed by atoms with Crippen molar-refractivity contribution in [1.82, 2.24) is 4.31 Å². The predicted octanol–water partition coefficient (Wildman–Crippen LogP) is 1.83. The number of sulfonamides is 1. The Morgan fingerprint density at radius 2 is 1.65 bits per heavy atom. The Morgan fingerprint density at radius 3 is 2.15 bits per heavy atom. The molecule has 2 unspecified atom stereocenters. The number of hydrogen-bond donors (Lipinski definition) is 1. The van der Waals surface area contributed by atoms with Crippen LogP contribution in [0.25, 0.3) is 0 Å². The summed E-state index contributed by atoms with van der Waals surface area (Å²) in [5, 5.41) is 9.67. The smallest absolute Gasteiger partial charge is 0.218 e. The highest BCUT2D eigenvalue weighted by molar-refractivity contribution is 8.00. The molecule has 1 heterocycles. The molecule has 1 aliphatic heterocycles. The van der Waals surface area contributed by atoms with Crippen LogP contribution in [0.1, 0.15) is 25.0 Å². The standard InChI is InChI=1S/C14H21NO3S2/c1-11-7-15(8-12(2)19-11)20(17,18)10-14-5-3-13(9-16)4-6-14/h3-6,11-12,16H,7-10H2,1-2H3. The van der Waals surface area contributed by atoms with E-state index in [9.17, 15) is 8.42 Å². The van der Waals surface area contributed by atoms with Crippen molar-refractivity contribution in [2.75, 3.05) is 13.1 Å². The van der Waals surface area contributed by atoms with Gasteiger partial charge in [0, 0.05) is 23.6 Å². The number of aliphatic hydroxyl groups is 1. The fourth-order valence-electron chi connectivity index (χ4n) is 2.40. The largest absolute Gasteiger partial charge is 0.392 e. The summed E-state index contributed by atoms with van der Waals surface area (Å²) in [4.78, 5) is 0. The molecule has 0 spiro atoms. The van der Waals surface area contributed by atoms with Gasteiger partial charge in [0.05, 0.1) is 12.4 Å². The van der Waals surface area contributed by atoms with E-state index in [0.29, 0.717) is 23.6 Å². The van der Waals surface area contributed by atoms with Crippen LogP contribution in [-0.4, -0.2) is 41.4 Å². The highest BCUT2D eigenvalue weighted by atomic mass is 32.2. The van der Waals surface area contributed by atoms with Gasteiger partial charge in [0.15, 0.2) is 0 Å². The van der Waals surface area contributed by atoms with Gasteiger partial charge in [0.25, 0.3) is 0 Å². The topological polar surface area (TPSA) is 57.6 Å². The van der Waals surface area contributed by atoms with E-state index in [0.717, 1.165) is 11.1 Å². The van der Waals surface area contributed by atoms with Crippen LogP contribution >= 0.6 is 11.8 Å². The molecule has 112 valence electrons. The Kier molecular flexibility index (Phi) is 5.12. The summed E-state index contributed by atoms with van der Waals surface area (Å²) in [7, 11) is -3.26. The first kappa shape index (κ1) is 15.8. The second-order valence-electron chi connectivity index (χ2n) is 5.31. The van der Waals surface area contributed by atoms with Gasteiger partial charge in [-0.05, 0) is 11.1 Å². The van der Waals surface area contributed by atoms with Crippen LogP contribution < -0.4 is 0 Å². The first-order valence-electron chi connectivity index (χ1n) is 6.72. The average molecular weight is 315 g/mol. The van der Waals surface area contributed by atoms with E-state index in [1.807, 2.05) is 11.8 Å². The molecule has 2 rings (SSSR count). The van der Waals surface area contributed by atoms with Gasteiger partial charge in [-0.15, -0.1) is 0 Å². The number of benzene rings is 1. The predicted molar refractivity (Wildman–Crippen MR) is 83.1 cm³/mol. The lowest BCUT2D eigenvalue weighted by molar-refractivity contribution is 0.282. The zero-order valence-electron chi connectivity index (χ0n) is 11.8. The molecule has 1 aromatic carbocycles. The third-order valence-electron chi connectivity index (χ3n) is 3.33. The molecule has 1 saturated heterocycles. The van der Waals surface area contributed by atoms with Crippen molar-refractivity contribution in [3.63, 3.8) is 0 Å². The maximum atomic E-state index is 12.5. The van der Waals surface area contributed by atoms with E-state index in [1.54, 1.807) is 28.6 Å². The fraction of sp³-hybridized carbons (Fsp3) is 0.571. The second-order valence-corrected chi connectivity index (χ2v) is 9.16. The molecule has 20 heavy (non-hydrogen) atoms. The van der Waals surface area contributed by atoms with Gasteiger partial charge in [-0.1, -0.05) is 38.1 Å². The van der Waals surface area contributed by atoms with Crippen molar-refractivity contribution in [3.05, 3.63) is 35.4 Å². The highest BCUT2D eigenvalue weighted by Gasteiger charge is 2.30. The van der Waals surface area contributed by atoms with E-state index in [-0.39, 0.29) is 12.4 Å². The third-order valence-corrected chi connectivity index (χ3v) is 6.34. The molecule has 2 atom stereocenters. The maximum Gasteiger partial charge on any atom is 0.218 e. The SMILES string of the molecule is CC1CN(S(=O)(=O)Cc2ccc(CO)cc2)CC(C)S1. The van der Waals surface area contributed by atoms with E-state index in [4.69, 9.17) is 5.11 Å². The number of hydrogen-bond acceptors (Lipinski definition) is 4. The Bertz CT molecular complexity index is 532. The molecule has 1 aliphatic rings. The Labute approximate surface area is 125 Å². The Hall–Kier alpha value is -0.560. The van der Waals surface area contributed by atoms with Gasteiger partial charge >= 0.3 is 0 Å². The zero-order chi connectivity index (χ0) is 14.8. The van der Waals surface area contributed by atoms with Crippen molar-refractivity contribution in [2.45, 2.75) is 36.7 Å². The second kappa shape index (κ2) is 6.47. The van der Waals surface area contributed by atoms with Crippen LogP contribution in [0.15, 0.2) is 24.3 Å². The van der Waals surface area contributed by atoms with E-state index >= 15 is 0 Å². The molecular weight excluding hydrogens is 294 g/mol. The molecule has 1 N–H and O–H groups in total.